The van der Waals surface area contributed by atoms with Crippen LogP contribution in [0.25, 0.3) is 0 Å². The molecule has 0 aliphatic heterocycles. The summed E-state index contributed by atoms with van der Waals surface area (Å²) in [6.07, 6.45) is 0. The van der Waals surface area contributed by atoms with E-state index >= 15 is 0 Å². The molecule has 0 bridgehead atoms. The first-order chi connectivity index (χ1) is 13.1. The Morgan fingerprint density at radius 1 is 1.15 bits per heavy atom. The second-order valence-electron chi connectivity index (χ2n) is 6.22. The average Bonchev–Trinajstić information content (AvgIpc) is 3.16. The molecular formula is C21H22N2O3S. The van der Waals surface area contributed by atoms with Crippen molar-refractivity contribution in [1.82, 2.24) is 9.88 Å². The van der Waals surface area contributed by atoms with Crippen LogP contribution in [0, 0.1) is 6.92 Å². The molecule has 6 heteroatoms. The molecule has 0 aliphatic carbocycles. The summed E-state index contributed by atoms with van der Waals surface area (Å²) >= 11 is 1.41. The monoisotopic (exact) mass is 382 g/mol. The maximum atomic E-state index is 12.6. The van der Waals surface area contributed by atoms with Crippen LogP contribution in [0.1, 0.15) is 26.6 Å². The summed E-state index contributed by atoms with van der Waals surface area (Å²) in [6, 6.07) is 15.6. The molecule has 0 N–H and O–H groups in total. The molecular weight excluding hydrogens is 360 g/mol. The van der Waals surface area contributed by atoms with E-state index in [-0.39, 0.29) is 5.91 Å². The number of ether oxygens (including phenoxy) is 2. The molecule has 3 rings (SSSR count). The zero-order valence-corrected chi connectivity index (χ0v) is 16.5. The van der Waals surface area contributed by atoms with Crippen molar-refractivity contribution < 1.29 is 14.3 Å². The lowest BCUT2D eigenvalue weighted by atomic mass is 10.2. The van der Waals surface area contributed by atoms with Gasteiger partial charge in [0.15, 0.2) is 11.5 Å². The highest BCUT2D eigenvalue weighted by atomic mass is 32.1. The molecule has 0 spiro atoms. The third kappa shape index (κ3) is 4.86. The molecule has 2 aromatic carbocycles. The van der Waals surface area contributed by atoms with Gasteiger partial charge in [0.05, 0.1) is 7.11 Å². The summed E-state index contributed by atoms with van der Waals surface area (Å²) in [5.41, 5.74) is 2.62. The van der Waals surface area contributed by atoms with Gasteiger partial charge in [-0.25, -0.2) is 4.98 Å². The number of carbonyl (C=O) groups excluding carboxylic acids is 1. The lowest BCUT2D eigenvalue weighted by Crippen LogP contribution is -2.26. The number of thiazole rings is 1. The van der Waals surface area contributed by atoms with Crippen LogP contribution in [0.2, 0.25) is 0 Å². The number of aromatic nitrogens is 1. The number of benzene rings is 2. The van der Waals surface area contributed by atoms with E-state index in [0.29, 0.717) is 30.3 Å². The Bertz CT molecular complexity index is 909. The Kier molecular flexibility index (Phi) is 6.08. The Morgan fingerprint density at radius 3 is 2.67 bits per heavy atom. The fraction of sp³-hybridized carbons (Fsp3) is 0.238. The van der Waals surface area contributed by atoms with Crippen molar-refractivity contribution >= 4 is 17.2 Å². The summed E-state index contributed by atoms with van der Waals surface area (Å²) in [6.45, 7) is 2.83. The topological polar surface area (TPSA) is 51.7 Å². The molecule has 0 radical (unpaired) electrons. The van der Waals surface area contributed by atoms with E-state index in [1.807, 2.05) is 55.5 Å². The third-order valence-corrected chi connectivity index (χ3v) is 4.87. The van der Waals surface area contributed by atoms with Gasteiger partial charge in [0.2, 0.25) is 0 Å². The van der Waals surface area contributed by atoms with Gasteiger partial charge < -0.3 is 14.4 Å². The summed E-state index contributed by atoms with van der Waals surface area (Å²) in [5, 5.41) is 2.52. The van der Waals surface area contributed by atoms with E-state index in [9.17, 15) is 4.79 Å². The standard InChI is InChI=1S/C21H22N2O3S/c1-15-9-10-18(19(11-15)25-3)26-13-20-22-17(14-27-20)21(24)23(2)12-16-7-5-4-6-8-16/h4-11,14H,12-13H2,1-3H3. The van der Waals surface area contributed by atoms with Gasteiger partial charge in [0.25, 0.3) is 5.91 Å². The van der Waals surface area contributed by atoms with E-state index in [1.165, 1.54) is 11.3 Å². The maximum absolute atomic E-state index is 12.6. The molecule has 0 fully saturated rings. The number of amides is 1. The van der Waals surface area contributed by atoms with Crippen LogP contribution in [0.5, 0.6) is 11.5 Å². The van der Waals surface area contributed by atoms with Crippen LogP contribution in [0.4, 0.5) is 0 Å². The largest absolute Gasteiger partial charge is 0.493 e. The normalized spacial score (nSPS) is 10.5. The minimum atomic E-state index is -0.103. The number of hydrogen-bond donors (Lipinski definition) is 0. The van der Waals surface area contributed by atoms with Crippen molar-refractivity contribution in [3.8, 4) is 11.5 Å². The van der Waals surface area contributed by atoms with Gasteiger partial charge >= 0.3 is 0 Å². The van der Waals surface area contributed by atoms with Gasteiger partial charge in [-0.3, -0.25) is 4.79 Å². The second kappa shape index (κ2) is 8.68. The number of aryl methyl sites for hydroxylation is 1. The second-order valence-corrected chi connectivity index (χ2v) is 7.16. The van der Waals surface area contributed by atoms with E-state index in [0.717, 1.165) is 16.1 Å². The van der Waals surface area contributed by atoms with Crippen LogP contribution >= 0.6 is 11.3 Å². The van der Waals surface area contributed by atoms with Crippen molar-refractivity contribution in [1.29, 1.82) is 0 Å². The van der Waals surface area contributed by atoms with Crippen molar-refractivity contribution in [2.24, 2.45) is 0 Å². The smallest absolute Gasteiger partial charge is 0.273 e. The highest BCUT2D eigenvalue weighted by Gasteiger charge is 2.16. The highest BCUT2D eigenvalue weighted by molar-refractivity contribution is 7.09. The summed E-state index contributed by atoms with van der Waals surface area (Å²) in [4.78, 5) is 18.7. The summed E-state index contributed by atoms with van der Waals surface area (Å²) in [7, 11) is 3.40. The fourth-order valence-electron chi connectivity index (χ4n) is 2.63. The Balaban J connectivity index is 1.62. The average molecular weight is 382 g/mol. The van der Waals surface area contributed by atoms with Gasteiger partial charge in [-0.05, 0) is 30.2 Å². The Labute approximate surface area is 163 Å². The number of methoxy groups -OCH3 is 1. The first-order valence-corrected chi connectivity index (χ1v) is 9.46. The molecule has 3 aromatic rings. The predicted octanol–water partition coefficient (Wildman–Crippen LogP) is 4.31. The van der Waals surface area contributed by atoms with Gasteiger partial charge in [-0.15, -0.1) is 11.3 Å². The molecule has 0 aliphatic rings. The lowest BCUT2D eigenvalue weighted by molar-refractivity contribution is 0.0779. The number of hydrogen-bond acceptors (Lipinski definition) is 5. The fourth-order valence-corrected chi connectivity index (χ4v) is 3.31. The van der Waals surface area contributed by atoms with Crippen LogP contribution in [0.15, 0.2) is 53.9 Å². The first-order valence-electron chi connectivity index (χ1n) is 8.58. The molecule has 140 valence electrons. The molecule has 0 saturated carbocycles. The van der Waals surface area contributed by atoms with E-state index in [2.05, 4.69) is 4.98 Å². The summed E-state index contributed by atoms with van der Waals surface area (Å²) in [5.74, 6) is 1.24. The van der Waals surface area contributed by atoms with E-state index in [4.69, 9.17) is 9.47 Å². The molecule has 1 amide bonds. The SMILES string of the molecule is COc1cc(C)ccc1OCc1nc(C(=O)N(C)Cc2ccccc2)cs1. The van der Waals surface area contributed by atoms with Crippen LogP contribution < -0.4 is 9.47 Å². The quantitative estimate of drug-likeness (QED) is 0.611. The molecule has 1 heterocycles. The summed E-state index contributed by atoms with van der Waals surface area (Å²) < 4.78 is 11.2. The Hall–Kier alpha value is -2.86. The predicted molar refractivity (Wildman–Crippen MR) is 106 cm³/mol. The van der Waals surface area contributed by atoms with E-state index < -0.39 is 0 Å². The Morgan fingerprint density at radius 2 is 1.93 bits per heavy atom. The zero-order valence-electron chi connectivity index (χ0n) is 15.6. The van der Waals surface area contributed by atoms with Crippen molar-refractivity contribution in [2.75, 3.05) is 14.2 Å². The third-order valence-electron chi connectivity index (χ3n) is 4.05. The molecule has 0 unspecified atom stereocenters. The lowest BCUT2D eigenvalue weighted by Gasteiger charge is -2.15. The van der Waals surface area contributed by atoms with Crippen LogP contribution in [-0.4, -0.2) is 29.9 Å². The van der Waals surface area contributed by atoms with Crippen molar-refractivity contribution in [2.45, 2.75) is 20.1 Å². The van der Waals surface area contributed by atoms with Gasteiger partial charge in [-0.1, -0.05) is 36.4 Å². The molecule has 5 nitrogen and oxygen atoms in total. The van der Waals surface area contributed by atoms with Gasteiger partial charge in [0, 0.05) is 19.0 Å². The molecule has 1 aromatic heterocycles. The number of carbonyl (C=O) groups is 1. The molecule has 27 heavy (non-hydrogen) atoms. The minimum Gasteiger partial charge on any atom is -0.493 e. The number of nitrogens with zero attached hydrogens (tertiary/aromatic N) is 2. The highest BCUT2D eigenvalue weighted by Crippen LogP contribution is 2.28. The molecule has 0 saturated heterocycles. The minimum absolute atomic E-state index is 0.103. The van der Waals surface area contributed by atoms with Gasteiger partial charge in [-0.2, -0.15) is 0 Å². The van der Waals surface area contributed by atoms with Crippen molar-refractivity contribution in [3.63, 3.8) is 0 Å². The van der Waals surface area contributed by atoms with E-state index in [1.54, 1.807) is 24.4 Å². The van der Waals surface area contributed by atoms with Crippen molar-refractivity contribution in [3.05, 3.63) is 75.7 Å². The van der Waals surface area contributed by atoms with Crippen LogP contribution in [-0.2, 0) is 13.2 Å². The molecule has 0 atom stereocenters. The van der Waals surface area contributed by atoms with Gasteiger partial charge in [0.1, 0.15) is 17.3 Å². The van der Waals surface area contributed by atoms with Crippen LogP contribution in [0.3, 0.4) is 0 Å². The number of rotatable bonds is 7. The maximum Gasteiger partial charge on any atom is 0.273 e. The zero-order chi connectivity index (χ0) is 19.2. The first kappa shape index (κ1) is 18.9.